The Morgan fingerprint density at radius 3 is 2.21 bits per heavy atom. The van der Waals surface area contributed by atoms with E-state index in [4.69, 9.17) is 5.73 Å². The van der Waals surface area contributed by atoms with Crippen LogP contribution in [0.15, 0.2) is 0 Å². The van der Waals surface area contributed by atoms with Gasteiger partial charge in [-0.3, -0.25) is 4.90 Å². The number of hydrogen-bond acceptors (Lipinski definition) is 2. The summed E-state index contributed by atoms with van der Waals surface area (Å²) in [5, 5.41) is 0. The van der Waals surface area contributed by atoms with Crippen molar-refractivity contribution in [3.8, 4) is 0 Å². The first-order valence-electron chi connectivity index (χ1n) is 5.23. The molecular formula is C10H22F2N2. The second kappa shape index (κ2) is 6.30. The number of hydrogen-bond donors (Lipinski definition) is 1. The van der Waals surface area contributed by atoms with Crippen LogP contribution in [0.2, 0.25) is 0 Å². The molecule has 0 rings (SSSR count). The van der Waals surface area contributed by atoms with Crippen LogP contribution >= 0.6 is 0 Å². The monoisotopic (exact) mass is 208 g/mol. The highest BCUT2D eigenvalue weighted by atomic mass is 19.3. The highest BCUT2D eigenvalue weighted by Gasteiger charge is 2.29. The molecule has 1 atom stereocenters. The van der Waals surface area contributed by atoms with Crippen LogP contribution in [-0.4, -0.2) is 36.5 Å². The molecule has 0 aromatic carbocycles. The van der Waals surface area contributed by atoms with Gasteiger partial charge in [-0.15, -0.1) is 0 Å². The lowest BCUT2D eigenvalue weighted by atomic mass is 9.96. The largest absolute Gasteiger partial charge is 0.329 e. The molecule has 0 radical (unpaired) electrons. The summed E-state index contributed by atoms with van der Waals surface area (Å²) in [7, 11) is 0. The van der Waals surface area contributed by atoms with Crippen LogP contribution in [-0.2, 0) is 0 Å². The summed E-state index contributed by atoms with van der Waals surface area (Å²) in [5.74, 6) is 0. The van der Waals surface area contributed by atoms with Crippen LogP contribution in [0.1, 0.15) is 33.6 Å². The Bertz CT molecular complexity index is 147. The SMILES string of the molecule is CCCN(CC(F)F)C(C)(CC)CN. The number of alkyl halides is 2. The fraction of sp³-hybridized carbons (Fsp3) is 1.00. The lowest BCUT2D eigenvalue weighted by Crippen LogP contribution is -2.53. The maximum atomic E-state index is 12.3. The Hall–Kier alpha value is -0.220. The van der Waals surface area contributed by atoms with E-state index >= 15 is 0 Å². The Balaban J connectivity index is 4.43. The van der Waals surface area contributed by atoms with E-state index in [-0.39, 0.29) is 12.1 Å². The summed E-state index contributed by atoms with van der Waals surface area (Å²) in [6.45, 7) is 6.87. The van der Waals surface area contributed by atoms with Gasteiger partial charge in [0.05, 0.1) is 6.54 Å². The van der Waals surface area contributed by atoms with E-state index < -0.39 is 6.43 Å². The molecule has 0 aromatic rings. The standard InChI is InChI=1S/C10H22F2N2/c1-4-6-14(7-9(11)12)10(3,5-2)8-13/h9H,4-8,13H2,1-3H3. The second-order valence-electron chi connectivity index (χ2n) is 3.89. The van der Waals surface area contributed by atoms with Crippen LogP contribution in [0, 0.1) is 0 Å². The van der Waals surface area contributed by atoms with Crippen molar-refractivity contribution in [3.63, 3.8) is 0 Å². The molecule has 0 amide bonds. The molecule has 0 aliphatic carbocycles. The van der Waals surface area contributed by atoms with Crippen LogP contribution in [0.4, 0.5) is 8.78 Å². The van der Waals surface area contributed by atoms with Gasteiger partial charge in [-0.2, -0.15) is 0 Å². The predicted octanol–water partition coefficient (Wildman–Crippen LogP) is 2.09. The number of nitrogens with two attached hydrogens (primary N) is 1. The molecular weight excluding hydrogens is 186 g/mol. The first-order valence-corrected chi connectivity index (χ1v) is 5.23. The molecule has 0 spiro atoms. The molecule has 2 N–H and O–H groups in total. The Kier molecular flexibility index (Phi) is 6.20. The summed E-state index contributed by atoms with van der Waals surface area (Å²) < 4.78 is 24.7. The average Bonchev–Trinajstić information content (AvgIpc) is 2.15. The molecule has 4 heteroatoms. The Morgan fingerprint density at radius 1 is 1.36 bits per heavy atom. The topological polar surface area (TPSA) is 29.3 Å². The van der Waals surface area contributed by atoms with E-state index in [9.17, 15) is 8.78 Å². The Labute approximate surface area is 85.5 Å². The first kappa shape index (κ1) is 13.8. The zero-order chi connectivity index (χ0) is 11.2. The number of rotatable bonds is 7. The van der Waals surface area contributed by atoms with E-state index in [2.05, 4.69) is 0 Å². The molecule has 0 fully saturated rings. The minimum atomic E-state index is -2.28. The maximum absolute atomic E-state index is 12.3. The van der Waals surface area contributed by atoms with Gasteiger partial charge in [0, 0.05) is 12.1 Å². The van der Waals surface area contributed by atoms with Crippen LogP contribution < -0.4 is 5.73 Å². The quantitative estimate of drug-likeness (QED) is 0.694. The minimum Gasteiger partial charge on any atom is -0.329 e. The van der Waals surface area contributed by atoms with Crippen molar-refractivity contribution in [1.29, 1.82) is 0 Å². The predicted molar refractivity (Wildman–Crippen MR) is 55.6 cm³/mol. The van der Waals surface area contributed by atoms with Crippen molar-refractivity contribution < 1.29 is 8.78 Å². The third kappa shape index (κ3) is 3.88. The fourth-order valence-corrected chi connectivity index (χ4v) is 1.52. The minimum absolute atomic E-state index is 0.171. The molecule has 14 heavy (non-hydrogen) atoms. The van der Waals surface area contributed by atoms with Gasteiger partial charge in [-0.25, -0.2) is 8.78 Å². The van der Waals surface area contributed by atoms with E-state index in [0.717, 1.165) is 12.8 Å². The zero-order valence-corrected chi connectivity index (χ0v) is 9.39. The average molecular weight is 208 g/mol. The molecule has 0 aromatic heterocycles. The molecule has 86 valence electrons. The molecule has 0 aliphatic rings. The van der Waals surface area contributed by atoms with Crippen molar-refractivity contribution >= 4 is 0 Å². The van der Waals surface area contributed by atoms with Crippen LogP contribution in [0.3, 0.4) is 0 Å². The van der Waals surface area contributed by atoms with Crippen molar-refractivity contribution in [1.82, 2.24) is 4.90 Å². The first-order chi connectivity index (χ1) is 6.50. The molecule has 0 saturated carbocycles. The molecule has 0 heterocycles. The van der Waals surface area contributed by atoms with Gasteiger partial charge in [0.2, 0.25) is 0 Å². The third-order valence-corrected chi connectivity index (χ3v) is 2.82. The van der Waals surface area contributed by atoms with Crippen molar-refractivity contribution in [2.24, 2.45) is 5.73 Å². The molecule has 0 bridgehead atoms. The summed E-state index contributed by atoms with van der Waals surface area (Å²) in [6.07, 6.45) is -0.600. The smallest absolute Gasteiger partial charge is 0.251 e. The van der Waals surface area contributed by atoms with E-state index in [0.29, 0.717) is 13.1 Å². The van der Waals surface area contributed by atoms with Gasteiger partial charge < -0.3 is 5.73 Å². The summed E-state index contributed by atoms with van der Waals surface area (Å²) in [4.78, 5) is 1.80. The van der Waals surface area contributed by atoms with Gasteiger partial charge in [-0.05, 0) is 26.3 Å². The van der Waals surface area contributed by atoms with Crippen molar-refractivity contribution in [2.75, 3.05) is 19.6 Å². The number of nitrogens with zero attached hydrogens (tertiary/aromatic N) is 1. The fourth-order valence-electron chi connectivity index (χ4n) is 1.52. The molecule has 0 aliphatic heterocycles. The van der Waals surface area contributed by atoms with E-state index in [1.807, 2.05) is 20.8 Å². The highest BCUT2D eigenvalue weighted by Crippen LogP contribution is 2.19. The van der Waals surface area contributed by atoms with Crippen LogP contribution in [0.25, 0.3) is 0 Å². The second-order valence-corrected chi connectivity index (χ2v) is 3.89. The molecule has 0 saturated heterocycles. The number of halogens is 2. The third-order valence-electron chi connectivity index (χ3n) is 2.82. The molecule has 2 nitrogen and oxygen atoms in total. The Morgan fingerprint density at radius 2 is 1.93 bits per heavy atom. The maximum Gasteiger partial charge on any atom is 0.251 e. The lowest BCUT2D eigenvalue weighted by molar-refractivity contribution is 0.0276. The molecule has 1 unspecified atom stereocenters. The van der Waals surface area contributed by atoms with Gasteiger partial charge in [-0.1, -0.05) is 13.8 Å². The van der Waals surface area contributed by atoms with Crippen molar-refractivity contribution in [3.05, 3.63) is 0 Å². The van der Waals surface area contributed by atoms with Gasteiger partial charge in [0.1, 0.15) is 0 Å². The summed E-state index contributed by atoms with van der Waals surface area (Å²) in [6, 6.07) is 0. The zero-order valence-electron chi connectivity index (χ0n) is 9.39. The summed E-state index contributed by atoms with van der Waals surface area (Å²) >= 11 is 0. The van der Waals surface area contributed by atoms with E-state index in [1.54, 1.807) is 4.90 Å². The van der Waals surface area contributed by atoms with Crippen molar-refractivity contribution in [2.45, 2.75) is 45.6 Å². The van der Waals surface area contributed by atoms with Gasteiger partial charge in [0.25, 0.3) is 6.43 Å². The normalized spacial score (nSPS) is 16.3. The lowest BCUT2D eigenvalue weighted by Gasteiger charge is -2.39. The van der Waals surface area contributed by atoms with Crippen LogP contribution in [0.5, 0.6) is 0 Å². The highest BCUT2D eigenvalue weighted by molar-refractivity contribution is 4.86. The van der Waals surface area contributed by atoms with Gasteiger partial charge in [0.15, 0.2) is 0 Å². The summed E-state index contributed by atoms with van der Waals surface area (Å²) in [5.41, 5.74) is 5.35. The van der Waals surface area contributed by atoms with Gasteiger partial charge >= 0.3 is 0 Å². The van der Waals surface area contributed by atoms with E-state index in [1.165, 1.54) is 0 Å².